The molecule has 0 spiro atoms. The van der Waals surface area contributed by atoms with Crippen LogP contribution < -0.4 is 0 Å². The maximum atomic E-state index is 6.32. The minimum Gasteiger partial charge on any atom is -0.126 e. The smallest absolute Gasteiger partial charge is 0.0282 e. The molecule has 0 aliphatic heterocycles. The molecule has 0 nitrogen and oxygen atoms in total. The fraction of sp³-hybridized carbons (Fsp3) is 0.857. The summed E-state index contributed by atoms with van der Waals surface area (Å²) in [5, 5.41) is 0. The molecule has 0 aromatic heterocycles. The molecule has 2 bridgehead atoms. The number of fused-ring (bicyclic) bond motifs is 2. The summed E-state index contributed by atoms with van der Waals surface area (Å²) < 4.78 is 0. The molecule has 0 aromatic carbocycles. The molecule has 3 rings (SSSR count). The van der Waals surface area contributed by atoms with E-state index in [0.29, 0.717) is 5.41 Å². The van der Waals surface area contributed by atoms with Crippen LogP contribution in [0.5, 0.6) is 0 Å². The normalized spacial score (nSPS) is 44.3. The lowest BCUT2D eigenvalue weighted by Gasteiger charge is -2.38. The maximum Gasteiger partial charge on any atom is 0.0282 e. The molecule has 2 fully saturated rings. The number of allylic oxidation sites excluding steroid dienone is 2. The molecule has 3 aliphatic carbocycles. The summed E-state index contributed by atoms with van der Waals surface area (Å²) in [6, 6.07) is 0. The number of hydrogen-bond acceptors (Lipinski definition) is 0. The highest BCUT2D eigenvalue weighted by Gasteiger charge is 2.50. The number of alkyl halides is 1. The van der Waals surface area contributed by atoms with Crippen LogP contribution in [-0.2, 0) is 0 Å². The number of hydrogen-bond donors (Lipinski definition) is 0. The van der Waals surface area contributed by atoms with Crippen molar-refractivity contribution in [3.8, 4) is 0 Å². The van der Waals surface area contributed by atoms with Gasteiger partial charge in [-0.3, -0.25) is 0 Å². The lowest BCUT2D eigenvalue weighted by Crippen LogP contribution is -2.31. The zero-order valence-corrected chi connectivity index (χ0v) is 10.2. The molecule has 15 heavy (non-hydrogen) atoms. The third kappa shape index (κ3) is 1.65. The Balaban J connectivity index is 1.70. The van der Waals surface area contributed by atoms with Gasteiger partial charge in [-0.05, 0) is 61.7 Å². The minimum atomic E-state index is 0.543. The Bertz CT molecular complexity index is 263. The topological polar surface area (TPSA) is 0 Å². The molecule has 1 heteroatoms. The van der Waals surface area contributed by atoms with Crippen LogP contribution in [0.15, 0.2) is 12.2 Å². The van der Waals surface area contributed by atoms with E-state index >= 15 is 0 Å². The molecule has 0 saturated heterocycles. The van der Waals surface area contributed by atoms with E-state index in [2.05, 4.69) is 12.2 Å². The van der Waals surface area contributed by atoms with E-state index in [-0.39, 0.29) is 0 Å². The van der Waals surface area contributed by atoms with Crippen molar-refractivity contribution in [2.75, 3.05) is 5.88 Å². The molecule has 0 amide bonds. The van der Waals surface area contributed by atoms with Gasteiger partial charge >= 0.3 is 0 Å². The first-order chi connectivity index (χ1) is 7.32. The zero-order valence-electron chi connectivity index (χ0n) is 9.42. The van der Waals surface area contributed by atoms with Crippen LogP contribution in [-0.4, -0.2) is 5.88 Å². The van der Waals surface area contributed by atoms with Crippen molar-refractivity contribution in [2.24, 2.45) is 23.2 Å². The highest BCUT2D eigenvalue weighted by atomic mass is 35.5. The van der Waals surface area contributed by atoms with Gasteiger partial charge in [-0.25, -0.2) is 0 Å². The van der Waals surface area contributed by atoms with Crippen molar-refractivity contribution in [3.05, 3.63) is 12.2 Å². The van der Waals surface area contributed by atoms with Crippen molar-refractivity contribution in [1.82, 2.24) is 0 Å². The van der Waals surface area contributed by atoms with Crippen molar-refractivity contribution in [3.63, 3.8) is 0 Å². The van der Waals surface area contributed by atoms with Gasteiger partial charge in [0.1, 0.15) is 0 Å². The monoisotopic (exact) mass is 224 g/mol. The fourth-order valence-electron chi connectivity index (χ4n) is 4.44. The van der Waals surface area contributed by atoms with Crippen LogP contribution in [0.4, 0.5) is 0 Å². The van der Waals surface area contributed by atoms with E-state index in [1.807, 2.05) is 0 Å². The molecular formula is C14H21Cl. The van der Waals surface area contributed by atoms with E-state index in [4.69, 9.17) is 11.6 Å². The average molecular weight is 225 g/mol. The molecule has 84 valence electrons. The van der Waals surface area contributed by atoms with Gasteiger partial charge in [-0.2, -0.15) is 0 Å². The third-order valence-electron chi connectivity index (χ3n) is 5.17. The lowest BCUT2D eigenvalue weighted by molar-refractivity contribution is 0.149. The van der Waals surface area contributed by atoms with E-state index in [1.54, 1.807) is 0 Å². The Kier molecular flexibility index (Phi) is 2.59. The van der Waals surface area contributed by atoms with E-state index in [1.165, 1.54) is 44.9 Å². The van der Waals surface area contributed by atoms with Crippen LogP contribution in [0.3, 0.4) is 0 Å². The second-order valence-electron chi connectivity index (χ2n) is 6.09. The summed E-state index contributed by atoms with van der Waals surface area (Å²) in [6.07, 6.45) is 14.7. The second kappa shape index (κ2) is 3.80. The van der Waals surface area contributed by atoms with E-state index in [0.717, 1.165) is 23.6 Å². The van der Waals surface area contributed by atoms with Crippen molar-refractivity contribution in [2.45, 2.75) is 44.9 Å². The summed E-state index contributed by atoms with van der Waals surface area (Å²) in [5.41, 5.74) is 0.543. The van der Waals surface area contributed by atoms with Gasteiger partial charge in [-0.15, -0.1) is 11.6 Å². The van der Waals surface area contributed by atoms with E-state index in [9.17, 15) is 0 Å². The molecule has 0 aromatic rings. The maximum absolute atomic E-state index is 6.32. The van der Waals surface area contributed by atoms with Crippen LogP contribution in [0, 0.1) is 23.2 Å². The summed E-state index contributed by atoms with van der Waals surface area (Å²) in [6.45, 7) is 0. The van der Waals surface area contributed by atoms with Gasteiger partial charge < -0.3 is 0 Å². The number of halogens is 1. The Labute approximate surface area is 98.1 Å². The summed E-state index contributed by atoms with van der Waals surface area (Å²) >= 11 is 6.32. The van der Waals surface area contributed by atoms with E-state index < -0.39 is 0 Å². The van der Waals surface area contributed by atoms with Crippen LogP contribution >= 0.6 is 11.6 Å². The van der Waals surface area contributed by atoms with Gasteiger partial charge in [0.05, 0.1) is 0 Å². The molecule has 3 atom stereocenters. The molecule has 0 heterocycles. The van der Waals surface area contributed by atoms with Crippen molar-refractivity contribution < 1.29 is 0 Å². The SMILES string of the molecule is ClCC1(CC2CC=CC2)CC2CCC1C2. The van der Waals surface area contributed by atoms with Crippen molar-refractivity contribution in [1.29, 1.82) is 0 Å². The zero-order chi connectivity index (χ0) is 10.3. The molecule has 3 aliphatic rings. The van der Waals surface area contributed by atoms with Gasteiger partial charge in [0.25, 0.3) is 0 Å². The third-order valence-corrected chi connectivity index (χ3v) is 5.70. The minimum absolute atomic E-state index is 0.543. The van der Waals surface area contributed by atoms with Crippen LogP contribution in [0.2, 0.25) is 0 Å². The lowest BCUT2D eigenvalue weighted by atomic mass is 9.69. The highest BCUT2D eigenvalue weighted by Crippen LogP contribution is 2.59. The summed E-state index contributed by atoms with van der Waals surface area (Å²) in [5.74, 6) is 3.84. The van der Waals surface area contributed by atoms with Crippen molar-refractivity contribution >= 4 is 11.6 Å². The molecule has 0 radical (unpaired) electrons. The Morgan fingerprint density at radius 2 is 2.00 bits per heavy atom. The fourth-order valence-corrected chi connectivity index (χ4v) is 4.88. The highest BCUT2D eigenvalue weighted by molar-refractivity contribution is 6.18. The Morgan fingerprint density at radius 3 is 2.53 bits per heavy atom. The first-order valence-corrected chi connectivity index (χ1v) is 7.07. The first-order valence-electron chi connectivity index (χ1n) is 6.53. The van der Waals surface area contributed by atoms with Gasteiger partial charge in [0, 0.05) is 5.88 Å². The summed E-state index contributed by atoms with van der Waals surface area (Å²) in [4.78, 5) is 0. The van der Waals surface area contributed by atoms with Crippen LogP contribution in [0.25, 0.3) is 0 Å². The predicted octanol–water partition coefficient (Wildman–Crippen LogP) is 4.39. The second-order valence-corrected chi connectivity index (χ2v) is 6.36. The molecule has 0 N–H and O–H groups in total. The van der Waals surface area contributed by atoms with Gasteiger partial charge in [-0.1, -0.05) is 18.6 Å². The average Bonchev–Trinajstić information content (AvgIpc) is 2.93. The van der Waals surface area contributed by atoms with Gasteiger partial charge in [0.15, 0.2) is 0 Å². The number of rotatable bonds is 3. The Hall–Kier alpha value is 0.0300. The predicted molar refractivity (Wildman–Crippen MR) is 65.1 cm³/mol. The van der Waals surface area contributed by atoms with Gasteiger partial charge in [0.2, 0.25) is 0 Å². The molecule has 2 saturated carbocycles. The van der Waals surface area contributed by atoms with Crippen LogP contribution in [0.1, 0.15) is 44.9 Å². The molecular weight excluding hydrogens is 204 g/mol. The quantitative estimate of drug-likeness (QED) is 0.493. The molecule has 3 unspecified atom stereocenters. The standard InChI is InChI=1S/C14H21Cl/c15-10-14(8-11-3-1-2-4-11)9-12-5-6-13(14)7-12/h1-2,11-13H,3-10H2. The largest absolute Gasteiger partial charge is 0.126 e. The first kappa shape index (κ1) is 10.2. The summed E-state index contributed by atoms with van der Waals surface area (Å²) in [7, 11) is 0. The Morgan fingerprint density at radius 1 is 1.20 bits per heavy atom.